The van der Waals surface area contributed by atoms with Gasteiger partial charge in [0, 0.05) is 57.4 Å². The Kier molecular flexibility index (Phi) is 7.83. The number of hydrogen-bond donors (Lipinski definition) is 2. The van der Waals surface area contributed by atoms with Crippen molar-refractivity contribution in [2.45, 2.75) is 50.2 Å². The number of fused-ring (bicyclic) bond motifs is 2. The molecule has 3 fully saturated rings. The summed E-state index contributed by atoms with van der Waals surface area (Å²) in [6, 6.07) is -0.295. The van der Waals surface area contributed by atoms with Crippen molar-refractivity contribution in [2.24, 2.45) is 5.92 Å². The lowest BCUT2D eigenvalue weighted by atomic mass is 10.00. The Morgan fingerprint density at radius 1 is 1.18 bits per heavy atom. The fraction of sp³-hybridized carbons (Fsp3) is 0.600. The molecular formula is C25H33F2N9O4. The Hall–Kier alpha value is -3.88. The molecule has 4 atom stereocenters. The van der Waals surface area contributed by atoms with Gasteiger partial charge in [-0.3, -0.25) is 5.32 Å². The number of amides is 3. The summed E-state index contributed by atoms with van der Waals surface area (Å²) < 4.78 is 40.5. The molecule has 3 amide bonds. The van der Waals surface area contributed by atoms with Crippen LogP contribution in [0.15, 0.2) is 24.7 Å². The van der Waals surface area contributed by atoms with Crippen LogP contribution in [0, 0.1) is 5.92 Å². The molecule has 2 aromatic heterocycles. The van der Waals surface area contributed by atoms with Gasteiger partial charge in [-0.05, 0) is 32.7 Å². The van der Waals surface area contributed by atoms with E-state index in [1.165, 1.54) is 31.7 Å². The maximum atomic E-state index is 15.0. The lowest BCUT2D eigenvalue weighted by Gasteiger charge is -2.42. The summed E-state index contributed by atoms with van der Waals surface area (Å²) >= 11 is 0. The third kappa shape index (κ3) is 5.98. The van der Waals surface area contributed by atoms with Gasteiger partial charge in [-0.25, -0.2) is 33.3 Å². The second-order valence-electron chi connectivity index (χ2n) is 10.3. The highest BCUT2D eigenvalue weighted by molar-refractivity contribution is 5.88. The van der Waals surface area contributed by atoms with Crippen molar-refractivity contribution >= 4 is 23.9 Å². The van der Waals surface area contributed by atoms with Crippen molar-refractivity contribution in [1.82, 2.24) is 35.1 Å². The molecule has 5 rings (SSSR count). The van der Waals surface area contributed by atoms with Crippen LogP contribution in [0.5, 0.6) is 11.8 Å². The Morgan fingerprint density at radius 3 is 2.67 bits per heavy atom. The highest BCUT2D eigenvalue weighted by Gasteiger charge is 2.48. The third-order valence-corrected chi connectivity index (χ3v) is 7.76. The summed E-state index contributed by atoms with van der Waals surface area (Å²) in [4.78, 5) is 46.6. The molecule has 15 heteroatoms. The molecule has 0 aromatic carbocycles. The van der Waals surface area contributed by atoms with Gasteiger partial charge in [0.1, 0.15) is 6.04 Å². The topological polar surface area (TPSA) is 138 Å². The molecule has 2 bridgehead atoms. The van der Waals surface area contributed by atoms with Crippen molar-refractivity contribution in [1.29, 1.82) is 0 Å². The zero-order valence-electron chi connectivity index (χ0n) is 22.6. The molecule has 2 saturated heterocycles. The van der Waals surface area contributed by atoms with E-state index in [-0.39, 0.29) is 42.7 Å². The Bertz CT molecular complexity index is 1220. The van der Waals surface area contributed by atoms with Crippen molar-refractivity contribution in [3.63, 3.8) is 0 Å². The fourth-order valence-electron chi connectivity index (χ4n) is 5.58. The first-order valence-electron chi connectivity index (χ1n) is 13.3. The van der Waals surface area contributed by atoms with Gasteiger partial charge in [-0.15, -0.1) is 0 Å². The highest BCUT2D eigenvalue weighted by Crippen LogP contribution is 2.37. The van der Waals surface area contributed by atoms with E-state index < -0.39 is 30.5 Å². The predicted molar refractivity (Wildman–Crippen MR) is 140 cm³/mol. The van der Waals surface area contributed by atoms with E-state index in [0.717, 1.165) is 24.3 Å². The predicted octanol–water partition coefficient (Wildman–Crippen LogP) is 2.22. The van der Waals surface area contributed by atoms with Crippen molar-refractivity contribution in [3.8, 4) is 11.8 Å². The normalized spacial score (nSPS) is 25.4. The standard InChI is InChI=1S/C25H33F2N9O4/c1-4-39-21-12-29-19(11-30-21)32-23(37)35(3)18-14-36(8-6-25(18,26)27)22-28-7-5-20(33-22)40-24(38)31-17-10-16-9-15(17)13-34(16)2/h5,7,11-12,15-18H,4,6,8-10,13-14H2,1-3H3,(H,31,38)(H,29,32,37)/t15-,16-,17+,18-/m0/s1. The van der Waals surface area contributed by atoms with Crippen LogP contribution in [0.25, 0.3) is 0 Å². The van der Waals surface area contributed by atoms with E-state index in [4.69, 9.17) is 9.47 Å². The zero-order chi connectivity index (χ0) is 28.4. The molecule has 216 valence electrons. The minimum atomic E-state index is -3.16. The number of likely N-dealkylation sites (N-methyl/N-ethyl adjacent to an activating group) is 1. The van der Waals surface area contributed by atoms with E-state index in [2.05, 4.69) is 42.5 Å². The van der Waals surface area contributed by atoms with Crippen LogP contribution in [0.2, 0.25) is 0 Å². The van der Waals surface area contributed by atoms with Crippen molar-refractivity contribution in [2.75, 3.05) is 50.6 Å². The Labute approximate surface area is 230 Å². The van der Waals surface area contributed by atoms with Gasteiger partial charge < -0.3 is 29.5 Å². The van der Waals surface area contributed by atoms with Crippen LogP contribution in [-0.2, 0) is 0 Å². The molecule has 2 aliphatic heterocycles. The van der Waals surface area contributed by atoms with Gasteiger partial charge in [-0.2, -0.15) is 4.98 Å². The highest BCUT2D eigenvalue weighted by atomic mass is 19.3. The Balaban J connectivity index is 1.20. The van der Waals surface area contributed by atoms with Gasteiger partial charge in [0.15, 0.2) is 5.82 Å². The first-order chi connectivity index (χ1) is 19.1. The molecule has 0 spiro atoms. The molecule has 0 unspecified atom stereocenters. The number of urea groups is 1. The number of halogens is 2. The molecule has 1 aliphatic carbocycles. The Morgan fingerprint density at radius 2 is 2.00 bits per heavy atom. The minimum absolute atomic E-state index is 0.0110. The van der Waals surface area contributed by atoms with E-state index in [1.807, 2.05) is 0 Å². The largest absolute Gasteiger partial charge is 0.477 e. The molecular weight excluding hydrogens is 528 g/mol. The number of piperidine rings is 2. The number of anilines is 2. The summed E-state index contributed by atoms with van der Waals surface area (Å²) in [5, 5.41) is 5.40. The molecule has 13 nitrogen and oxygen atoms in total. The third-order valence-electron chi connectivity index (χ3n) is 7.76. The number of rotatable bonds is 7. The number of hydrogen-bond acceptors (Lipinski definition) is 10. The lowest BCUT2D eigenvalue weighted by Crippen LogP contribution is -2.60. The number of carbonyl (C=O) groups is 2. The summed E-state index contributed by atoms with van der Waals surface area (Å²) in [5.74, 6) is -2.25. The molecule has 2 aromatic rings. The molecule has 1 saturated carbocycles. The molecule has 2 N–H and O–H groups in total. The van der Waals surface area contributed by atoms with Crippen LogP contribution < -0.4 is 25.0 Å². The number of alkyl halides is 2. The lowest BCUT2D eigenvalue weighted by molar-refractivity contribution is -0.0760. The summed E-state index contributed by atoms with van der Waals surface area (Å²) in [6.07, 6.45) is 4.82. The van der Waals surface area contributed by atoms with E-state index in [0.29, 0.717) is 18.6 Å². The van der Waals surface area contributed by atoms with Crippen molar-refractivity contribution in [3.05, 3.63) is 24.7 Å². The minimum Gasteiger partial charge on any atom is -0.477 e. The van der Waals surface area contributed by atoms with Crippen LogP contribution in [0.1, 0.15) is 26.2 Å². The number of aromatic nitrogens is 4. The maximum absolute atomic E-state index is 15.0. The average Bonchev–Trinajstić information content (AvgIpc) is 3.48. The van der Waals surface area contributed by atoms with E-state index in [9.17, 15) is 18.4 Å². The smallest absolute Gasteiger partial charge is 0.414 e. The van der Waals surface area contributed by atoms with Gasteiger partial charge in [0.2, 0.25) is 17.7 Å². The first-order valence-corrected chi connectivity index (χ1v) is 13.3. The van der Waals surface area contributed by atoms with Gasteiger partial charge in [0.25, 0.3) is 5.92 Å². The van der Waals surface area contributed by atoms with Gasteiger partial charge in [0.05, 0.1) is 19.0 Å². The fourth-order valence-corrected chi connectivity index (χ4v) is 5.58. The SMILES string of the molecule is CCOc1cnc(NC(=O)N(C)[C@H]2CN(c3nccc(OC(=O)N[C@@H]4C[C@@H]5C[C@H]4CN5C)n3)CCC2(F)F)cn1. The van der Waals surface area contributed by atoms with Gasteiger partial charge >= 0.3 is 12.1 Å². The second-order valence-corrected chi connectivity index (χ2v) is 10.3. The quantitative estimate of drug-likeness (QED) is 0.518. The monoisotopic (exact) mass is 561 g/mol. The van der Waals surface area contributed by atoms with Crippen LogP contribution in [0.4, 0.5) is 30.1 Å². The molecule has 0 radical (unpaired) electrons. The summed E-state index contributed by atoms with van der Waals surface area (Å²) in [5.41, 5.74) is 0. The number of ether oxygens (including phenoxy) is 2. The number of carbonyl (C=O) groups excluding carboxylic acids is 2. The average molecular weight is 562 g/mol. The zero-order valence-corrected chi connectivity index (χ0v) is 22.6. The van der Waals surface area contributed by atoms with Crippen LogP contribution in [-0.4, -0.2) is 106 Å². The van der Waals surface area contributed by atoms with Crippen molar-refractivity contribution < 1.29 is 27.8 Å². The van der Waals surface area contributed by atoms with Crippen LogP contribution >= 0.6 is 0 Å². The summed E-state index contributed by atoms with van der Waals surface area (Å²) in [6.45, 7) is 2.86. The van der Waals surface area contributed by atoms with E-state index in [1.54, 1.807) is 11.8 Å². The van der Waals surface area contributed by atoms with E-state index >= 15 is 0 Å². The molecule has 40 heavy (non-hydrogen) atoms. The number of nitrogens with zero attached hydrogens (tertiary/aromatic N) is 7. The molecule has 4 heterocycles. The maximum Gasteiger partial charge on any atom is 0.414 e. The number of nitrogens with one attached hydrogen (secondary N) is 2. The number of likely N-dealkylation sites (tertiary alicyclic amines) is 1. The molecule has 3 aliphatic rings. The second kappa shape index (κ2) is 11.3. The first kappa shape index (κ1) is 27.7. The summed E-state index contributed by atoms with van der Waals surface area (Å²) in [7, 11) is 3.38. The van der Waals surface area contributed by atoms with Gasteiger partial charge in [-0.1, -0.05) is 0 Å². The van der Waals surface area contributed by atoms with Crippen LogP contribution in [0.3, 0.4) is 0 Å².